The second kappa shape index (κ2) is 6.07. The van der Waals surface area contributed by atoms with Crippen LogP contribution in [0.2, 0.25) is 5.02 Å². The van der Waals surface area contributed by atoms with Crippen LogP contribution < -0.4 is 5.73 Å². The van der Waals surface area contributed by atoms with Gasteiger partial charge < -0.3 is 10.3 Å². The van der Waals surface area contributed by atoms with Crippen LogP contribution in [0.15, 0.2) is 35.2 Å². The predicted molar refractivity (Wildman–Crippen MR) is 82.7 cm³/mol. The van der Waals surface area contributed by atoms with E-state index < -0.39 is 0 Å². The maximum Gasteiger partial charge on any atom is 0.0995 e. The fraction of sp³-hybridized carbons (Fsp3) is 0.357. The summed E-state index contributed by atoms with van der Waals surface area (Å²) in [4.78, 5) is 4.22. The molecule has 1 aromatic carbocycles. The summed E-state index contributed by atoms with van der Waals surface area (Å²) in [5, 5.41) is 0.676. The van der Waals surface area contributed by atoms with Crippen molar-refractivity contribution in [2.24, 2.45) is 11.7 Å². The Balaban J connectivity index is 2.41. The maximum atomic E-state index is 6.26. The Morgan fingerprint density at radius 2 is 2.16 bits per heavy atom. The first-order chi connectivity index (χ1) is 9.00. The average Bonchev–Trinajstić information content (AvgIpc) is 2.80. The Hall–Kier alpha value is -0.840. The Labute approximate surface area is 126 Å². The van der Waals surface area contributed by atoms with E-state index in [0.717, 1.165) is 22.3 Å². The fourth-order valence-electron chi connectivity index (χ4n) is 2.09. The number of rotatable bonds is 4. The molecule has 2 aromatic rings. The highest BCUT2D eigenvalue weighted by molar-refractivity contribution is 9.10. The summed E-state index contributed by atoms with van der Waals surface area (Å²) in [6.45, 7) is 4.33. The van der Waals surface area contributed by atoms with E-state index in [0.29, 0.717) is 10.9 Å². The number of imidazole rings is 1. The number of halogens is 2. The Kier molecular flexibility index (Phi) is 4.66. The molecule has 19 heavy (non-hydrogen) atoms. The van der Waals surface area contributed by atoms with Gasteiger partial charge in [-0.3, -0.25) is 0 Å². The lowest BCUT2D eigenvalue weighted by Crippen LogP contribution is -2.16. The molecule has 2 N–H and O–H groups in total. The summed E-state index contributed by atoms with van der Waals surface area (Å²) in [5.41, 5.74) is 8.21. The minimum atomic E-state index is -0.0339. The molecule has 0 aliphatic heterocycles. The van der Waals surface area contributed by atoms with E-state index in [1.54, 1.807) is 6.33 Å². The van der Waals surface area contributed by atoms with Crippen molar-refractivity contribution in [3.05, 3.63) is 45.9 Å². The zero-order valence-electron chi connectivity index (χ0n) is 11.0. The van der Waals surface area contributed by atoms with Crippen molar-refractivity contribution in [3.8, 4) is 5.69 Å². The van der Waals surface area contributed by atoms with E-state index in [1.807, 2.05) is 29.0 Å². The fourth-order valence-corrected chi connectivity index (χ4v) is 2.71. The second-order valence-corrected chi connectivity index (χ2v) is 6.20. The van der Waals surface area contributed by atoms with E-state index in [2.05, 4.69) is 34.8 Å². The first-order valence-corrected chi connectivity index (χ1v) is 7.40. The van der Waals surface area contributed by atoms with E-state index in [9.17, 15) is 0 Å². The first kappa shape index (κ1) is 14.6. The standard InChI is InChI=1S/C14H17BrClN3/c1-9(2)6-11(17)13-7-18-8-19(13)12-5-3-4-10(16)14(12)15/h3-5,7-9,11H,6,17H2,1-2H3. The highest BCUT2D eigenvalue weighted by Crippen LogP contribution is 2.31. The minimum absolute atomic E-state index is 0.0339. The molecule has 0 saturated heterocycles. The lowest BCUT2D eigenvalue weighted by atomic mass is 10.0. The van der Waals surface area contributed by atoms with Gasteiger partial charge in [0.05, 0.1) is 33.4 Å². The maximum absolute atomic E-state index is 6.26. The van der Waals surface area contributed by atoms with Gasteiger partial charge in [0.15, 0.2) is 0 Å². The first-order valence-electron chi connectivity index (χ1n) is 6.23. The van der Waals surface area contributed by atoms with Crippen LogP contribution >= 0.6 is 27.5 Å². The average molecular weight is 343 g/mol. The van der Waals surface area contributed by atoms with Gasteiger partial charge >= 0.3 is 0 Å². The second-order valence-electron chi connectivity index (χ2n) is 5.00. The van der Waals surface area contributed by atoms with Crippen LogP contribution in [-0.2, 0) is 0 Å². The zero-order chi connectivity index (χ0) is 14.0. The number of benzene rings is 1. The van der Waals surface area contributed by atoms with Gasteiger partial charge in [0, 0.05) is 6.04 Å². The third-order valence-corrected chi connectivity index (χ3v) is 4.34. The van der Waals surface area contributed by atoms with Crippen molar-refractivity contribution in [2.45, 2.75) is 26.3 Å². The van der Waals surface area contributed by atoms with Crippen LogP contribution in [0.5, 0.6) is 0 Å². The number of nitrogens with two attached hydrogens (primary N) is 1. The van der Waals surface area contributed by atoms with E-state index in [-0.39, 0.29) is 6.04 Å². The molecule has 0 aliphatic rings. The van der Waals surface area contributed by atoms with Crippen LogP contribution in [0.4, 0.5) is 0 Å². The summed E-state index contributed by atoms with van der Waals surface area (Å²) < 4.78 is 2.84. The van der Waals surface area contributed by atoms with Crippen LogP contribution in [0.1, 0.15) is 32.0 Å². The van der Waals surface area contributed by atoms with E-state index in [4.69, 9.17) is 17.3 Å². The topological polar surface area (TPSA) is 43.8 Å². The largest absolute Gasteiger partial charge is 0.323 e. The summed E-state index contributed by atoms with van der Waals surface area (Å²) in [5.74, 6) is 0.543. The van der Waals surface area contributed by atoms with Crippen LogP contribution in [0, 0.1) is 5.92 Å². The molecule has 0 radical (unpaired) electrons. The zero-order valence-corrected chi connectivity index (χ0v) is 13.3. The molecule has 3 nitrogen and oxygen atoms in total. The molecule has 1 atom stereocenters. The lowest BCUT2D eigenvalue weighted by Gasteiger charge is -2.17. The van der Waals surface area contributed by atoms with Gasteiger partial charge in [-0.05, 0) is 40.4 Å². The molecule has 0 bridgehead atoms. The van der Waals surface area contributed by atoms with Crippen LogP contribution in [0.25, 0.3) is 5.69 Å². The summed E-state index contributed by atoms with van der Waals surface area (Å²) >= 11 is 9.65. The molecule has 0 aliphatic carbocycles. The molecule has 0 amide bonds. The van der Waals surface area contributed by atoms with Gasteiger partial charge in [0.1, 0.15) is 0 Å². The van der Waals surface area contributed by atoms with Gasteiger partial charge in [-0.1, -0.05) is 31.5 Å². The molecule has 0 saturated carbocycles. The van der Waals surface area contributed by atoms with E-state index in [1.165, 1.54) is 0 Å². The summed E-state index contributed by atoms with van der Waals surface area (Å²) in [6.07, 6.45) is 4.51. The molecule has 1 unspecified atom stereocenters. The molecule has 1 aromatic heterocycles. The van der Waals surface area contributed by atoms with Gasteiger partial charge in [-0.2, -0.15) is 0 Å². The quantitative estimate of drug-likeness (QED) is 0.898. The van der Waals surface area contributed by atoms with Gasteiger partial charge in [-0.15, -0.1) is 0 Å². The van der Waals surface area contributed by atoms with Crippen molar-refractivity contribution in [2.75, 3.05) is 0 Å². The SMILES string of the molecule is CC(C)CC(N)c1cncn1-c1cccc(Cl)c1Br. The van der Waals surface area contributed by atoms with Gasteiger partial charge in [-0.25, -0.2) is 4.98 Å². The molecule has 0 fully saturated rings. The molecular weight excluding hydrogens is 326 g/mol. The summed E-state index contributed by atoms with van der Waals surface area (Å²) in [6, 6.07) is 5.72. The highest BCUT2D eigenvalue weighted by atomic mass is 79.9. The van der Waals surface area contributed by atoms with Crippen LogP contribution in [0.3, 0.4) is 0 Å². The Bertz CT molecular complexity index is 566. The third-order valence-electron chi connectivity index (χ3n) is 2.96. The van der Waals surface area contributed by atoms with Crippen molar-refractivity contribution in [1.82, 2.24) is 9.55 Å². The Morgan fingerprint density at radius 1 is 1.42 bits per heavy atom. The number of hydrogen-bond acceptors (Lipinski definition) is 2. The predicted octanol–water partition coefficient (Wildman–Crippen LogP) is 4.33. The molecular formula is C14H17BrClN3. The molecule has 5 heteroatoms. The molecule has 1 heterocycles. The van der Waals surface area contributed by atoms with Gasteiger partial charge in [0.25, 0.3) is 0 Å². The lowest BCUT2D eigenvalue weighted by molar-refractivity contribution is 0.498. The van der Waals surface area contributed by atoms with Crippen LogP contribution in [-0.4, -0.2) is 9.55 Å². The molecule has 102 valence electrons. The van der Waals surface area contributed by atoms with Crippen molar-refractivity contribution < 1.29 is 0 Å². The van der Waals surface area contributed by atoms with Crippen molar-refractivity contribution in [1.29, 1.82) is 0 Å². The van der Waals surface area contributed by atoms with Crippen molar-refractivity contribution in [3.63, 3.8) is 0 Å². The van der Waals surface area contributed by atoms with Gasteiger partial charge in [0.2, 0.25) is 0 Å². The smallest absolute Gasteiger partial charge is 0.0995 e. The normalized spacial score (nSPS) is 12.9. The number of hydrogen-bond donors (Lipinski definition) is 1. The Morgan fingerprint density at radius 3 is 2.84 bits per heavy atom. The molecule has 2 rings (SSSR count). The minimum Gasteiger partial charge on any atom is -0.323 e. The monoisotopic (exact) mass is 341 g/mol. The highest BCUT2D eigenvalue weighted by Gasteiger charge is 2.16. The van der Waals surface area contributed by atoms with Crippen molar-refractivity contribution >= 4 is 27.5 Å². The number of aromatic nitrogens is 2. The number of nitrogens with zero attached hydrogens (tertiary/aromatic N) is 2. The van der Waals surface area contributed by atoms with E-state index >= 15 is 0 Å². The third kappa shape index (κ3) is 3.19. The molecule has 0 spiro atoms. The summed E-state index contributed by atoms with van der Waals surface area (Å²) in [7, 11) is 0.